The van der Waals surface area contributed by atoms with Gasteiger partial charge in [-0.2, -0.15) is 0 Å². The molecule has 5 heterocycles. The van der Waals surface area contributed by atoms with Crippen molar-refractivity contribution in [3.8, 4) is 33.4 Å². The Hall–Kier alpha value is -6.36. The van der Waals surface area contributed by atoms with Crippen LogP contribution in [0, 0.1) is 0 Å². The molecule has 0 saturated carbocycles. The molecule has 8 aromatic carbocycles. The molecule has 5 aliphatic rings. The molecule has 4 aliphatic heterocycles. The number of fused-ring (bicyclic) bond motifs is 20. The van der Waals surface area contributed by atoms with Crippen LogP contribution in [0.4, 0.5) is 17.1 Å². The number of hydrogen-bond acceptors (Lipinski definition) is 1. The van der Waals surface area contributed by atoms with E-state index >= 15 is 0 Å². The fraction of sp³-hybridized carbons (Fsp3) is 0.186. The fourth-order valence-electron chi connectivity index (χ4n) is 13.2. The number of aromatic nitrogens is 1. The topological polar surface area (TPSA) is 8.17 Å². The second-order valence-electron chi connectivity index (χ2n) is 21.6. The van der Waals surface area contributed by atoms with Crippen LogP contribution < -0.4 is 36.6 Å². The third-order valence-electron chi connectivity index (χ3n) is 16.1. The van der Waals surface area contributed by atoms with E-state index in [1.807, 2.05) is 0 Å². The van der Waals surface area contributed by atoms with E-state index in [1.165, 1.54) is 126 Å². The largest absolute Gasteiger partial charge is 0.375 e. The highest BCUT2D eigenvalue weighted by molar-refractivity contribution is 7.24. The van der Waals surface area contributed by atoms with E-state index in [9.17, 15) is 0 Å². The minimum absolute atomic E-state index is 0.0174. The van der Waals surface area contributed by atoms with Gasteiger partial charge in [0.15, 0.2) is 8.07 Å². The number of benzene rings is 8. The molecule has 1 spiro atoms. The molecule has 302 valence electrons. The van der Waals surface area contributed by atoms with Gasteiger partial charge in [0.25, 0.3) is 0 Å². The average molecular weight is 825 g/mol. The lowest BCUT2D eigenvalue weighted by Gasteiger charge is -2.49. The van der Waals surface area contributed by atoms with Crippen molar-refractivity contribution in [3.05, 3.63) is 174 Å². The number of anilines is 3. The summed E-state index contributed by atoms with van der Waals surface area (Å²) >= 11 is 0. The maximum Gasteiger partial charge on any atom is 0.333 e. The van der Waals surface area contributed by atoms with E-state index in [2.05, 4.69) is 216 Å². The molecule has 4 heteroatoms. The summed E-state index contributed by atoms with van der Waals surface area (Å²) in [5, 5.41) is 8.74. The predicted molar refractivity (Wildman–Crippen MR) is 271 cm³/mol. The van der Waals surface area contributed by atoms with Crippen molar-refractivity contribution in [2.45, 2.75) is 71.6 Å². The van der Waals surface area contributed by atoms with Gasteiger partial charge in [-0.25, -0.2) is 0 Å². The molecule has 63 heavy (non-hydrogen) atoms. The lowest BCUT2D eigenvalue weighted by Crippen LogP contribution is -2.77. The maximum atomic E-state index is 2.79. The van der Waals surface area contributed by atoms with E-state index in [-0.39, 0.29) is 23.1 Å². The lowest BCUT2D eigenvalue weighted by molar-refractivity contribution is 0.590. The first-order valence-electron chi connectivity index (χ1n) is 23.0. The Labute approximate surface area is 372 Å². The van der Waals surface area contributed by atoms with Crippen LogP contribution in [-0.2, 0) is 16.2 Å². The molecule has 2 nitrogen and oxygen atoms in total. The zero-order valence-corrected chi connectivity index (χ0v) is 38.4. The van der Waals surface area contributed by atoms with E-state index in [0.29, 0.717) is 0 Å². The lowest BCUT2D eigenvalue weighted by atomic mass is 9.44. The van der Waals surface area contributed by atoms with Gasteiger partial charge in [-0.3, -0.25) is 0 Å². The molecule has 0 N–H and O–H groups in total. The van der Waals surface area contributed by atoms with Crippen molar-refractivity contribution in [1.82, 2.24) is 4.48 Å². The molecule has 0 amide bonds. The number of hydrogen-bond donors (Lipinski definition) is 0. The predicted octanol–water partition coefficient (Wildman–Crippen LogP) is 10.8. The molecule has 0 saturated heterocycles. The summed E-state index contributed by atoms with van der Waals surface area (Å²) < 4.78 is 2.79. The highest BCUT2D eigenvalue weighted by atomic mass is 28.3. The highest BCUT2D eigenvalue weighted by Gasteiger charge is 2.57. The van der Waals surface area contributed by atoms with Crippen LogP contribution in [0.5, 0.6) is 0 Å². The Kier molecular flexibility index (Phi) is 6.55. The van der Waals surface area contributed by atoms with E-state index in [1.54, 1.807) is 0 Å². The third-order valence-corrected chi connectivity index (χ3v) is 21.0. The normalized spacial score (nSPS) is 16.1. The molecule has 1 aliphatic carbocycles. The van der Waals surface area contributed by atoms with Crippen LogP contribution in [0.1, 0.15) is 77.6 Å². The second-order valence-corrected chi connectivity index (χ2v) is 25.3. The van der Waals surface area contributed by atoms with Crippen molar-refractivity contribution in [1.29, 1.82) is 0 Å². The van der Waals surface area contributed by atoms with E-state index in [0.717, 1.165) is 0 Å². The zero-order chi connectivity index (χ0) is 42.7. The monoisotopic (exact) mass is 824 g/mol. The minimum Gasteiger partial charge on any atom is -0.375 e. The smallest absolute Gasteiger partial charge is 0.333 e. The van der Waals surface area contributed by atoms with E-state index in [4.69, 9.17) is 0 Å². The molecule has 14 rings (SSSR count). The van der Waals surface area contributed by atoms with Crippen molar-refractivity contribution in [3.63, 3.8) is 0 Å². The van der Waals surface area contributed by atoms with Crippen LogP contribution in [0.3, 0.4) is 0 Å². The minimum atomic E-state index is -2.80. The van der Waals surface area contributed by atoms with Crippen molar-refractivity contribution < 1.29 is 0 Å². The van der Waals surface area contributed by atoms with Gasteiger partial charge in [0, 0.05) is 49.8 Å². The quantitative estimate of drug-likeness (QED) is 0.138. The summed E-state index contributed by atoms with van der Waals surface area (Å²) in [5.74, 6) is 0. The Morgan fingerprint density at radius 3 is 1.83 bits per heavy atom. The van der Waals surface area contributed by atoms with Crippen molar-refractivity contribution >= 4 is 85.5 Å². The van der Waals surface area contributed by atoms with Crippen LogP contribution in [0.25, 0.3) is 55.2 Å². The molecular formula is C59H49BN2Si. The van der Waals surface area contributed by atoms with Gasteiger partial charge in [0.1, 0.15) is 0 Å². The first-order valence-corrected chi connectivity index (χ1v) is 25.0. The summed E-state index contributed by atoms with van der Waals surface area (Å²) in [7, 11) is -2.80. The third kappa shape index (κ3) is 4.14. The van der Waals surface area contributed by atoms with E-state index < -0.39 is 8.07 Å². The van der Waals surface area contributed by atoms with Gasteiger partial charge in [-0.1, -0.05) is 171 Å². The van der Waals surface area contributed by atoms with Crippen molar-refractivity contribution in [2.24, 2.45) is 0 Å². The Bertz CT molecular complexity index is 3550. The van der Waals surface area contributed by atoms with Crippen LogP contribution in [-0.4, -0.2) is 19.4 Å². The first kappa shape index (κ1) is 36.2. The van der Waals surface area contributed by atoms with Crippen LogP contribution in [0.2, 0.25) is 0 Å². The summed E-state index contributed by atoms with van der Waals surface area (Å²) in [4.78, 5) is 2.75. The Balaban J connectivity index is 1.21. The van der Waals surface area contributed by atoms with Crippen LogP contribution in [0.15, 0.2) is 152 Å². The molecule has 9 aromatic rings. The molecule has 0 atom stereocenters. The standard InChI is InChI=1S/C59H49BN2Si/c1-57(2,3)34-28-29-45-39(30-34)40-31-35(58(4,5)6)32-41-53-52-38-20-9-12-21-42(38)59(7,8)43(52)33-47-54(53)60(62(45)55(40)41)44-22-17-27-51-56(44)61(47)46-23-13-16-26-50(46)63(51)48-24-14-10-18-36(48)37-19-11-15-25-49(37)63/h9-33H,1-8H3. The van der Waals surface area contributed by atoms with Gasteiger partial charge < -0.3 is 9.38 Å². The fourth-order valence-corrected chi connectivity index (χ4v) is 18.8. The Morgan fingerprint density at radius 2 is 1.11 bits per heavy atom. The summed E-state index contributed by atoms with van der Waals surface area (Å²) in [6.45, 7) is 19.1. The molecule has 0 unspecified atom stereocenters. The van der Waals surface area contributed by atoms with Crippen LogP contribution >= 0.6 is 0 Å². The molecule has 0 radical (unpaired) electrons. The molecule has 0 bridgehead atoms. The van der Waals surface area contributed by atoms with Crippen molar-refractivity contribution in [2.75, 3.05) is 4.90 Å². The number of nitrogens with zero attached hydrogens (tertiary/aromatic N) is 2. The number of para-hydroxylation sites is 2. The highest BCUT2D eigenvalue weighted by Crippen LogP contribution is 2.57. The Morgan fingerprint density at radius 1 is 0.492 bits per heavy atom. The van der Waals surface area contributed by atoms with Gasteiger partial charge in [0.05, 0.1) is 0 Å². The zero-order valence-electron chi connectivity index (χ0n) is 37.4. The average Bonchev–Trinajstić information content (AvgIpc) is 3.85. The summed E-state index contributed by atoms with van der Waals surface area (Å²) in [6.07, 6.45) is 0. The SMILES string of the molecule is CC(C)(C)c1ccc2c(c1)c1cc(C(C)(C)C)cc3c1n2B1c2cccc4c2N(c2ccccc2[Si]42c4ccccc4-c4ccccc42)c2cc4c(c-3c21)-c1ccccc1C4(C)C. The second kappa shape index (κ2) is 11.4. The van der Waals surface area contributed by atoms with Gasteiger partial charge in [0.2, 0.25) is 0 Å². The van der Waals surface area contributed by atoms with Gasteiger partial charge in [-0.05, 0) is 129 Å². The molecule has 0 fully saturated rings. The first-order chi connectivity index (χ1) is 30.3. The molecule has 1 aromatic heterocycles. The van der Waals surface area contributed by atoms with Gasteiger partial charge >= 0.3 is 6.85 Å². The summed E-state index contributed by atoms with van der Waals surface area (Å²) in [5.41, 5.74) is 23.4. The van der Waals surface area contributed by atoms with Gasteiger partial charge in [-0.15, -0.1) is 0 Å². The number of rotatable bonds is 0. The summed E-state index contributed by atoms with van der Waals surface area (Å²) in [6, 6.07) is 60.2. The maximum absolute atomic E-state index is 2.80. The molecular weight excluding hydrogens is 776 g/mol.